The van der Waals surface area contributed by atoms with Crippen LogP contribution in [0.25, 0.3) is 0 Å². The molecule has 1 aliphatic rings. The van der Waals surface area contributed by atoms with E-state index in [-0.39, 0.29) is 22.7 Å². The highest BCUT2D eigenvalue weighted by Gasteiger charge is 2.40. The van der Waals surface area contributed by atoms with Crippen LogP contribution in [-0.4, -0.2) is 30.1 Å². The molecule has 3 nitrogen and oxygen atoms in total. The molecule has 0 bridgehead atoms. The molecular weight excluding hydrogens is 282 g/mol. The predicted octanol–water partition coefficient (Wildman–Crippen LogP) is 3.49. The maximum absolute atomic E-state index is 11.9. The van der Waals surface area contributed by atoms with Gasteiger partial charge in [-0.25, -0.2) is 0 Å². The second-order valence-corrected chi connectivity index (χ2v) is 8.36. The Balaban J connectivity index is 1.76. The van der Waals surface area contributed by atoms with Crippen molar-refractivity contribution >= 4 is 17.1 Å². The van der Waals surface area contributed by atoms with Crippen molar-refractivity contribution in [2.45, 2.75) is 52.6 Å². The van der Waals surface area contributed by atoms with E-state index in [9.17, 15) is 9.90 Å². The number of hydrogen-bond acceptors (Lipinski definition) is 4. The lowest BCUT2D eigenvalue weighted by atomic mass is 9.63. The number of aliphatic hydroxyl groups excluding tert-OH is 1. The van der Waals surface area contributed by atoms with Crippen LogP contribution in [0, 0.1) is 10.8 Å². The van der Waals surface area contributed by atoms with E-state index in [2.05, 4.69) is 26.1 Å². The highest BCUT2D eigenvalue weighted by atomic mass is 32.1. The number of thiophene rings is 1. The van der Waals surface area contributed by atoms with E-state index < -0.39 is 0 Å². The number of hydrogen-bond donors (Lipinski definition) is 2. The molecule has 2 N–H and O–H groups in total. The van der Waals surface area contributed by atoms with Crippen molar-refractivity contribution in [3.63, 3.8) is 0 Å². The van der Waals surface area contributed by atoms with E-state index in [1.165, 1.54) is 0 Å². The van der Waals surface area contributed by atoms with Gasteiger partial charge in [0.2, 0.25) is 0 Å². The zero-order chi connectivity index (χ0) is 15.5. The topological polar surface area (TPSA) is 49.3 Å². The van der Waals surface area contributed by atoms with E-state index in [1.807, 2.05) is 16.8 Å². The fraction of sp³-hybridized carbons (Fsp3) is 0.706. The molecular formula is C17H27NO2S. The molecule has 21 heavy (non-hydrogen) atoms. The number of carbonyl (C=O) groups excluding carboxylic acids is 1. The Hall–Kier alpha value is -0.710. The zero-order valence-corrected chi connectivity index (χ0v) is 14.1. The quantitative estimate of drug-likeness (QED) is 0.625. The van der Waals surface area contributed by atoms with Crippen LogP contribution in [0.3, 0.4) is 0 Å². The fourth-order valence-corrected chi connectivity index (χ4v) is 4.53. The summed E-state index contributed by atoms with van der Waals surface area (Å²) in [6, 6.07) is 1.88. The summed E-state index contributed by atoms with van der Waals surface area (Å²) in [6.07, 6.45) is 3.19. The Labute approximate surface area is 131 Å². The summed E-state index contributed by atoms with van der Waals surface area (Å²) in [4.78, 5) is 11.9. The van der Waals surface area contributed by atoms with Gasteiger partial charge in [0.05, 0.1) is 6.10 Å². The zero-order valence-electron chi connectivity index (χ0n) is 13.3. The number of Topliss-reactive ketones (excluding diaryl/α,β-unsaturated/α-hetero) is 1. The van der Waals surface area contributed by atoms with Crippen LogP contribution in [0.1, 0.15) is 56.8 Å². The predicted molar refractivity (Wildman–Crippen MR) is 87.9 cm³/mol. The van der Waals surface area contributed by atoms with Crippen LogP contribution >= 0.6 is 11.3 Å². The van der Waals surface area contributed by atoms with E-state index >= 15 is 0 Å². The normalized spacial score (nSPS) is 28.5. The highest BCUT2D eigenvalue weighted by Crippen LogP contribution is 2.45. The number of carbonyl (C=O) groups is 1. The summed E-state index contributed by atoms with van der Waals surface area (Å²) in [5, 5.41) is 17.3. The van der Waals surface area contributed by atoms with E-state index in [0.717, 1.165) is 31.4 Å². The Morgan fingerprint density at radius 2 is 2.19 bits per heavy atom. The minimum absolute atomic E-state index is 0.118. The lowest BCUT2D eigenvalue weighted by Crippen LogP contribution is -2.44. The summed E-state index contributed by atoms with van der Waals surface area (Å²) in [5.74, 6) is 0.206. The molecule has 1 aliphatic carbocycles. The van der Waals surface area contributed by atoms with Crippen molar-refractivity contribution in [1.82, 2.24) is 5.32 Å². The molecule has 1 aromatic rings. The van der Waals surface area contributed by atoms with Gasteiger partial charge in [-0.2, -0.15) is 11.3 Å². The Kier molecular flexibility index (Phi) is 5.23. The van der Waals surface area contributed by atoms with E-state index in [1.54, 1.807) is 11.3 Å². The Morgan fingerprint density at radius 1 is 1.43 bits per heavy atom. The van der Waals surface area contributed by atoms with Crippen LogP contribution in [0.2, 0.25) is 0 Å². The van der Waals surface area contributed by atoms with Crippen LogP contribution in [0.5, 0.6) is 0 Å². The first-order valence-corrected chi connectivity index (χ1v) is 8.68. The molecule has 1 saturated carbocycles. The summed E-state index contributed by atoms with van der Waals surface area (Å²) < 4.78 is 0. The molecule has 1 fully saturated rings. The maximum atomic E-state index is 11.9. The summed E-state index contributed by atoms with van der Waals surface area (Å²) in [5.41, 5.74) is 1.13. The molecule has 118 valence electrons. The largest absolute Gasteiger partial charge is 0.393 e. The molecule has 2 rings (SSSR count). The van der Waals surface area contributed by atoms with Crippen LogP contribution in [0.15, 0.2) is 16.8 Å². The Morgan fingerprint density at radius 3 is 2.81 bits per heavy atom. The standard InChI is InChI=1S/C17H27NO2S/c1-16(2)8-14(19)9-17(3,11-16)12-18-6-4-15(20)13-5-7-21-10-13/h5,7,10,14,18-19H,4,6,8-9,11-12H2,1-3H3. The third-order valence-corrected chi connectivity index (χ3v) is 5.03. The second kappa shape index (κ2) is 6.59. The monoisotopic (exact) mass is 309 g/mol. The van der Waals surface area contributed by atoms with Gasteiger partial charge in [0.1, 0.15) is 0 Å². The maximum Gasteiger partial charge on any atom is 0.164 e. The third kappa shape index (κ3) is 4.90. The Bertz CT molecular complexity index is 469. The first-order valence-electron chi connectivity index (χ1n) is 7.74. The van der Waals surface area contributed by atoms with E-state index in [0.29, 0.717) is 13.0 Å². The van der Waals surface area contributed by atoms with Crippen molar-refractivity contribution in [3.05, 3.63) is 22.4 Å². The minimum atomic E-state index is -0.201. The van der Waals surface area contributed by atoms with Crippen molar-refractivity contribution in [2.24, 2.45) is 10.8 Å². The first-order chi connectivity index (χ1) is 9.80. The molecule has 4 heteroatoms. The highest BCUT2D eigenvalue weighted by molar-refractivity contribution is 7.08. The molecule has 0 aliphatic heterocycles. The second-order valence-electron chi connectivity index (χ2n) is 7.58. The third-order valence-electron chi connectivity index (χ3n) is 4.35. The lowest BCUT2D eigenvalue weighted by molar-refractivity contribution is -0.00862. The van der Waals surface area contributed by atoms with Gasteiger partial charge in [-0.05, 0) is 41.5 Å². The molecule has 0 amide bonds. The van der Waals surface area contributed by atoms with Gasteiger partial charge >= 0.3 is 0 Å². The van der Waals surface area contributed by atoms with Gasteiger partial charge in [0.25, 0.3) is 0 Å². The summed E-state index contributed by atoms with van der Waals surface area (Å²) in [6.45, 7) is 8.28. The average Bonchev–Trinajstić information content (AvgIpc) is 2.85. The molecule has 0 saturated heterocycles. The molecule has 0 radical (unpaired) electrons. The number of aliphatic hydroxyl groups is 1. The van der Waals surface area contributed by atoms with E-state index in [4.69, 9.17) is 0 Å². The first kappa shape index (κ1) is 16.7. The average molecular weight is 309 g/mol. The van der Waals surface area contributed by atoms with Gasteiger partial charge < -0.3 is 10.4 Å². The van der Waals surface area contributed by atoms with Gasteiger partial charge in [0.15, 0.2) is 5.78 Å². The van der Waals surface area contributed by atoms with Crippen LogP contribution < -0.4 is 5.32 Å². The molecule has 1 aromatic heterocycles. The van der Waals surface area contributed by atoms with Gasteiger partial charge in [-0.15, -0.1) is 0 Å². The summed E-state index contributed by atoms with van der Waals surface area (Å²) in [7, 11) is 0. The lowest BCUT2D eigenvalue weighted by Gasteiger charge is -2.45. The SMILES string of the molecule is CC1(C)CC(O)CC(C)(CNCCC(=O)c2ccsc2)C1. The number of nitrogens with one attached hydrogen (secondary N) is 1. The van der Waals surface area contributed by atoms with Gasteiger partial charge in [-0.1, -0.05) is 20.8 Å². The fourth-order valence-electron chi connectivity index (χ4n) is 3.87. The van der Waals surface area contributed by atoms with Gasteiger partial charge in [-0.3, -0.25) is 4.79 Å². The molecule has 0 aromatic carbocycles. The van der Waals surface area contributed by atoms with Crippen LogP contribution in [-0.2, 0) is 0 Å². The van der Waals surface area contributed by atoms with Crippen molar-refractivity contribution in [2.75, 3.05) is 13.1 Å². The van der Waals surface area contributed by atoms with Crippen molar-refractivity contribution in [3.8, 4) is 0 Å². The smallest absolute Gasteiger partial charge is 0.164 e. The molecule has 2 atom stereocenters. The number of rotatable bonds is 6. The van der Waals surface area contributed by atoms with Gasteiger partial charge in [0, 0.05) is 30.5 Å². The number of ketones is 1. The summed E-state index contributed by atoms with van der Waals surface area (Å²) >= 11 is 1.56. The van der Waals surface area contributed by atoms with Crippen molar-refractivity contribution in [1.29, 1.82) is 0 Å². The van der Waals surface area contributed by atoms with Crippen LogP contribution in [0.4, 0.5) is 0 Å². The van der Waals surface area contributed by atoms with Crippen molar-refractivity contribution < 1.29 is 9.90 Å². The molecule has 0 spiro atoms. The minimum Gasteiger partial charge on any atom is -0.393 e. The molecule has 2 unspecified atom stereocenters. The molecule has 1 heterocycles.